The van der Waals surface area contributed by atoms with Gasteiger partial charge in [0.1, 0.15) is 11.4 Å². The molecule has 6 nitrogen and oxygen atoms in total. The summed E-state index contributed by atoms with van der Waals surface area (Å²) in [5, 5.41) is 2.45. The van der Waals surface area contributed by atoms with Gasteiger partial charge in [-0.1, -0.05) is 29.4 Å². The maximum atomic E-state index is 13.3. The third-order valence-corrected chi connectivity index (χ3v) is 7.25. The first-order chi connectivity index (χ1) is 15.0. The largest absolute Gasteiger partial charge is 0.495 e. The molecular weight excluding hydrogens is 454 g/mol. The van der Waals surface area contributed by atoms with E-state index in [1.165, 1.54) is 35.1 Å². The molecule has 0 bridgehead atoms. The van der Waals surface area contributed by atoms with E-state index in [2.05, 4.69) is 4.99 Å². The maximum absolute atomic E-state index is 13.3. The molecule has 1 aromatic carbocycles. The fraction of sp³-hybridized carbons (Fsp3) is 0.318. The van der Waals surface area contributed by atoms with Crippen molar-refractivity contribution in [3.8, 4) is 5.75 Å². The zero-order valence-corrected chi connectivity index (χ0v) is 19.6. The minimum absolute atomic E-state index is 0.0704. The predicted octanol–water partition coefficient (Wildman–Crippen LogP) is 4.90. The fourth-order valence-electron chi connectivity index (χ4n) is 3.51. The summed E-state index contributed by atoms with van der Waals surface area (Å²) in [4.78, 5) is 35.0. The van der Waals surface area contributed by atoms with Crippen LogP contribution < -0.4 is 9.64 Å². The van der Waals surface area contributed by atoms with Crippen molar-refractivity contribution in [2.24, 2.45) is 4.99 Å². The number of nitrogens with zero attached hydrogens (tertiary/aromatic N) is 3. The molecule has 1 saturated heterocycles. The normalized spacial score (nSPS) is 18.6. The fourth-order valence-corrected chi connectivity index (χ4v) is 5.42. The molecule has 2 aromatic rings. The van der Waals surface area contributed by atoms with Gasteiger partial charge in [-0.2, -0.15) is 0 Å². The average molecular weight is 476 g/mol. The van der Waals surface area contributed by atoms with Gasteiger partial charge in [-0.15, -0.1) is 11.3 Å². The highest BCUT2D eigenvalue weighted by Crippen LogP contribution is 2.35. The Kier molecular flexibility index (Phi) is 6.69. The van der Waals surface area contributed by atoms with Gasteiger partial charge in [-0.3, -0.25) is 14.5 Å². The maximum Gasteiger partial charge on any atom is 0.283 e. The minimum atomic E-state index is -0.359. The molecule has 162 valence electrons. The molecule has 31 heavy (non-hydrogen) atoms. The number of hydrogen-bond acceptors (Lipinski definition) is 6. The molecule has 1 atom stereocenters. The number of amides is 2. The number of thioether (sulfide) groups is 1. The van der Waals surface area contributed by atoms with Crippen LogP contribution in [0.25, 0.3) is 6.08 Å². The number of carbonyl (C=O) groups is 2. The Hall–Kier alpha value is -2.29. The summed E-state index contributed by atoms with van der Waals surface area (Å²) in [5.41, 5.74) is 0.912. The van der Waals surface area contributed by atoms with E-state index >= 15 is 0 Å². The molecule has 0 aliphatic carbocycles. The van der Waals surface area contributed by atoms with Gasteiger partial charge in [0.25, 0.3) is 5.91 Å². The van der Waals surface area contributed by atoms with E-state index in [9.17, 15) is 9.59 Å². The van der Waals surface area contributed by atoms with E-state index in [1.54, 1.807) is 24.3 Å². The first kappa shape index (κ1) is 21.9. The lowest BCUT2D eigenvalue weighted by Gasteiger charge is -2.23. The van der Waals surface area contributed by atoms with Crippen LogP contribution in [0.2, 0.25) is 5.02 Å². The van der Waals surface area contributed by atoms with E-state index in [4.69, 9.17) is 16.3 Å². The molecule has 0 N–H and O–H groups in total. The lowest BCUT2D eigenvalue weighted by atomic mass is 10.2. The second kappa shape index (κ2) is 9.46. The summed E-state index contributed by atoms with van der Waals surface area (Å²) in [5.74, 6) is 0.342. The predicted molar refractivity (Wildman–Crippen MR) is 128 cm³/mol. The van der Waals surface area contributed by atoms with Crippen LogP contribution in [0.5, 0.6) is 5.75 Å². The van der Waals surface area contributed by atoms with Crippen molar-refractivity contribution in [1.82, 2.24) is 4.90 Å². The first-order valence-electron chi connectivity index (χ1n) is 9.95. The number of hydrogen-bond donors (Lipinski definition) is 0. The number of anilines is 1. The van der Waals surface area contributed by atoms with Crippen molar-refractivity contribution in [1.29, 1.82) is 0 Å². The van der Waals surface area contributed by atoms with Crippen molar-refractivity contribution in [2.75, 3.05) is 25.1 Å². The van der Waals surface area contributed by atoms with Crippen molar-refractivity contribution < 1.29 is 14.3 Å². The van der Waals surface area contributed by atoms with Crippen molar-refractivity contribution in [2.45, 2.75) is 25.0 Å². The molecule has 1 unspecified atom stereocenters. The average Bonchev–Trinajstić information content (AvgIpc) is 3.51. The smallest absolute Gasteiger partial charge is 0.283 e. The number of thiophene rings is 1. The Morgan fingerprint density at radius 1 is 1.32 bits per heavy atom. The Bertz CT molecular complexity index is 1050. The third kappa shape index (κ3) is 4.66. The SMILES string of the molecule is COc1ccc(N2C(=O)/C(=C\c3cccs3)N=C2SC(C)C(=O)N2CCCC2)cc1Cl. The number of methoxy groups -OCH3 is 1. The monoisotopic (exact) mass is 475 g/mol. The lowest BCUT2D eigenvalue weighted by Crippen LogP contribution is -2.37. The van der Waals surface area contributed by atoms with Gasteiger partial charge in [0.2, 0.25) is 5.91 Å². The molecule has 2 aliphatic rings. The lowest BCUT2D eigenvalue weighted by molar-refractivity contribution is -0.129. The van der Waals surface area contributed by atoms with Crippen molar-refractivity contribution >= 4 is 63.4 Å². The van der Waals surface area contributed by atoms with Crippen LogP contribution in [0.4, 0.5) is 5.69 Å². The number of carbonyl (C=O) groups excluding carboxylic acids is 2. The van der Waals surface area contributed by atoms with E-state index in [0.717, 1.165) is 30.8 Å². The molecular formula is C22H22ClN3O3S2. The molecule has 3 heterocycles. The highest BCUT2D eigenvalue weighted by Gasteiger charge is 2.35. The van der Waals surface area contributed by atoms with Crippen molar-refractivity contribution in [3.63, 3.8) is 0 Å². The number of rotatable bonds is 5. The van der Waals surface area contributed by atoms with Gasteiger partial charge < -0.3 is 9.64 Å². The molecule has 2 aliphatic heterocycles. The summed E-state index contributed by atoms with van der Waals surface area (Å²) in [6.07, 6.45) is 3.84. The number of aliphatic imine (C=N–C) groups is 1. The van der Waals surface area contributed by atoms with Gasteiger partial charge in [-0.05, 0) is 55.5 Å². The zero-order valence-electron chi connectivity index (χ0n) is 17.2. The van der Waals surface area contributed by atoms with Crippen LogP contribution in [-0.4, -0.2) is 47.3 Å². The summed E-state index contributed by atoms with van der Waals surface area (Å²) < 4.78 is 5.23. The molecule has 9 heteroatoms. The minimum Gasteiger partial charge on any atom is -0.495 e. The van der Waals surface area contributed by atoms with Crippen LogP contribution in [0, 0.1) is 0 Å². The molecule has 0 saturated carbocycles. The molecule has 4 rings (SSSR count). The van der Waals surface area contributed by atoms with Gasteiger partial charge in [0, 0.05) is 18.0 Å². The standard InChI is InChI=1S/C22H22ClN3O3S2/c1-14(20(27)25-9-3-4-10-25)31-22-24-18(13-16-6-5-11-30-16)21(28)26(22)15-7-8-19(29-2)17(23)12-15/h5-8,11-14H,3-4,9-10H2,1-2H3/b18-13+. The molecule has 0 radical (unpaired) electrons. The summed E-state index contributed by atoms with van der Waals surface area (Å²) in [6, 6.07) is 9.01. The van der Waals surface area contributed by atoms with E-state index in [1.807, 2.05) is 29.3 Å². The highest BCUT2D eigenvalue weighted by atomic mass is 35.5. The second-order valence-corrected chi connectivity index (χ2v) is 9.89. The Balaban J connectivity index is 1.65. The Morgan fingerprint density at radius 2 is 2.10 bits per heavy atom. The Morgan fingerprint density at radius 3 is 2.74 bits per heavy atom. The van der Waals surface area contributed by atoms with Gasteiger partial charge >= 0.3 is 0 Å². The number of ether oxygens (including phenoxy) is 1. The second-order valence-electron chi connectivity index (χ2n) is 7.19. The van der Waals surface area contributed by atoms with Crippen LogP contribution >= 0.6 is 34.7 Å². The van der Waals surface area contributed by atoms with Crippen LogP contribution in [0.15, 0.2) is 46.4 Å². The Labute approximate surface area is 194 Å². The van der Waals surface area contributed by atoms with E-state index in [0.29, 0.717) is 27.3 Å². The number of likely N-dealkylation sites (tertiary alicyclic amines) is 1. The number of amidine groups is 1. The van der Waals surface area contributed by atoms with Crippen LogP contribution in [-0.2, 0) is 9.59 Å². The first-order valence-corrected chi connectivity index (χ1v) is 12.1. The molecule has 1 fully saturated rings. The zero-order chi connectivity index (χ0) is 22.0. The van der Waals surface area contributed by atoms with Gasteiger partial charge in [0.15, 0.2) is 5.17 Å². The third-order valence-electron chi connectivity index (χ3n) is 5.09. The summed E-state index contributed by atoms with van der Waals surface area (Å²) >= 11 is 9.14. The summed E-state index contributed by atoms with van der Waals surface area (Å²) in [6.45, 7) is 3.44. The van der Waals surface area contributed by atoms with Crippen molar-refractivity contribution in [3.05, 3.63) is 51.3 Å². The topological polar surface area (TPSA) is 62.2 Å². The van der Waals surface area contributed by atoms with E-state index < -0.39 is 0 Å². The number of halogens is 1. The quantitative estimate of drug-likeness (QED) is 0.577. The molecule has 0 spiro atoms. The van der Waals surface area contributed by atoms with Crippen LogP contribution in [0.1, 0.15) is 24.6 Å². The van der Waals surface area contributed by atoms with Gasteiger partial charge in [-0.25, -0.2) is 4.99 Å². The van der Waals surface area contributed by atoms with Crippen LogP contribution in [0.3, 0.4) is 0 Å². The highest BCUT2D eigenvalue weighted by molar-refractivity contribution is 8.15. The van der Waals surface area contributed by atoms with E-state index in [-0.39, 0.29) is 17.1 Å². The number of benzene rings is 1. The molecule has 2 amide bonds. The molecule has 1 aromatic heterocycles. The summed E-state index contributed by atoms with van der Waals surface area (Å²) in [7, 11) is 1.54. The van der Waals surface area contributed by atoms with Gasteiger partial charge in [0.05, 0.1) is 23.1 Å².